The first-order valence-electron chi connectivity index (χ1n) is 5.80. The number of anilines is 1. The second-order valence-corrected chi connectivity index (χ2v) is 4.40. The molecule has 1 atom stereocenters. The summed E-state index contributed by atoms with van der Waals surface area (Å²) in [6.45, 7) is 1.95. The van der Waals surface area contributed by atoms with Crippen LogP contribution in [-0.4, -0.2) is 26.0 Å². The van der Waals surface area contributed by atoms with Gasteiger partial charge in [-0.05, 0) is 30.2 Å². The summed E-state index contributed by atoms with van der Waals surface area (Å²) in [6.07, 6.45) is 0.557. The van der Waals surface area contributed by atoms with Crippen LogP contribution in [0.1, 0.15) is 17.9 Å². The number of rotatable bonds is 1. The molecule has 0 saturated carbocycles. The first-order chi connectivity index (χ1) is 8.25. The number of nitrogens with two attached hydrogens (primary N) is 1. The van der Waals surface area contributed by atoms with E-state index in [0.29, 0.717) is 13.2 Å². The van der Waals surface area contributed by atoms with E-state index in [1.165, 1.54) is 12.1 Å². The number of hydrogen-bond acceptors (Lipinski definition) is 4. The van der Waals surface area contributed by atoms with Crippen molar-refractivity contribution in [2.24, 2.45) is 5.84 Å². The molecule has 1 aromatic carbocycles. The van der Waals surface area contributed by atoms with Crippen molar-refractivity contribution in [1.29, 1.82) is 0 Å². The van der Waals surface area contributed by atoms with E-state index in [-0.39, 0.29) is 18.0 Å². The fourth-order valence-corrected chi connectivity index (χ4v) is 2.53. The van der Waals surface area contributed by atoms with Crippen molar-refractivity contribution in [1.82, 2.24) is 0 Å². The molecule has 0 aliphatic carbocycles. The molecule has 2 N–H and O–H groups in total. The SMILES string of the molecule is NN1CCC(C2OCCO2)c2cc(F)ccc21. The van der Waals surface area contributed by atoms with Crippen molar-refractivity contribution in [3.8, 4) is 0 Å². The molecule has 92 valence electrons. The van der Waals surface area contributed by atoms with E-state index in [4.69, 9.17) is 15.3 Å². The second kappa shape index (κ2) is 4.25. The number of ether oxygens (including phenoxy) is 2. The maximum Gasteiger partial charge on any atom is 0.164 e. The standard InChI is InChI=1S/C12H15FN2O2/c13-8-1-2-11-10(7-8)9(3-4-15(11)14)12-16-5-6-17-12/h1-2,7,9,12H,3-6,14H2. The molecule has 3 rings (SSSR count). The second-order valence-electron chi connectivity index (χ2n) is 4.40. The molecule has 2 aliphatic heterocycles. The van der Waals surface area contributed by atoms with Crippen LogP contribution in [0, 0.1) is 5.82 Å². The Labute approximate surface area is 99.1 Å². The molecule has 0 bridgehead atoms. The zero-order chi connectivity index (χ0) is 11.8. The fraction of sp³-hybridized carbons (Fsp3) is 0.500. The molecule has 0 radical (unpaired) electrons. The van der Waals surface area contributed by atoms with Crippen LogP contribution in [0.3, 0.4) is 0 Å². The van der Waals surface area contributed by atoms with Gasteiger partial charge in [-0.25, -0.2) is 10.2 Å². The van der Waals surface area contributed by atoms with Crippen LogP contribution in [0.25, 0.3) is 0 Å². The maximum atomic E-state index is 13.3. The summed E-state index contributed by atoms with van der Waals surface area (Å²) in [7, 11) is 0. The summed E-state index contributed by atoms with van der Waals surface area (Å²) >= 11 is 0. The Balaban J connectivity index is 1.98. The summed E-state index contributed by atoms with van der Waals surface area (Å²) in [5, 5.41) is 1.65. The zero-order valence-electron chi connectivity index (χ0n) is 9.43. The molecule has 1 aromatic rings. The molecule has 1 fully saturated rings. The molecule has 4 nitrogen and oxygen atoms in total. The molecular weight excluding hydrogens is 223 g/mol. The largest absolute Gasteiger partial charge is 0.350 e. The van der Waals surface area contributed by atoms with Crippen LogP contribution >= 0.6 is 0 Å². The Bertz CT molecular complexity index is 421. The molecule has 2 aliphatic rings. The third-order valence-electron chi connectivity index (χ3n) is 3.36. The number of halogens is 1. The average Bonchev–Trinajstić information content (AvgIpc) is 2.83. The van der Waals surface area contributed by atoms with E-state index in [2.05, 4.69) is 0 Å². The van der Waals surface area contributed by atoms with Gasteiger partial charge in [-0.3, -0.25) is 0 Å². The summed E-state index contributed by atoms with van der Waals surface area (Å²) in [6, 6.07) is 4.67. The Hall–Kier alpha value is -1.17. The monoisotopic (exact) mass is 238 g/mol. The highest BCUT2D eigenvalue weighted by atomic mass is 19.1. The molecule has 0 amide bonds. The highest BCUT2D eigenvalue weighted by Gasteiger charge is 2.33. The molecule has 0 aromatic heterocycles. The van der Waals surface area contributed by atoms with E-state index >= 15 is 0 Å². The molecule has 5 heteroatoms. The van der Waals surface area contributed by atoms with Gasteiger partial charge in [-0.15, -0.1) is 0 Å². The predicted octanol–water partition coefficient (Wildman–Crippen LogP) is 1.37. The van der Waals surface area contributed by atoms with E-state index in [0.717, 1.165) is 24.2 Å². The molecular formula is C12H15FN2O2. The number of hydrogen-bond donors (Lipinski definition) is 1. The average molecular weight is 238 g/mol. The molecule has 1 unspecified atom stereocenters. The Morgan fingerprint density at radius 3 is 2.82 bits per heavy atom. The van der Waals surface area contributed by atoms with Gasteiger partial charge >= 0.3 is 0 Å². The third-order valence-corrected chi connectivity index (χ3v) is 3.36. The van der Waals surface area contributed by atoms with Crippen LogP contribution in [0.5, 0.6) is 0 Å². The van der Waals surface area contributed by atoms with Gasteiger partial charge in [0, 0.05) is 12.5 Å². The van der Waals surface area contributed by atoms with E-state index in [1.54, 1.807) is 11.1 Å². The van der Waals surface area contributed by atoms with Crippen LogP contribution in [-0.2, 0) is 9.47 Å². The number of hydrazine groups is 1. The normalized spacial score (nSPS) is 25.1. The molecule has 17 heavy (non-hydrogen) atoms. The molecule has 2 heterocycles. The minimum Gasteiger partial charge on any atom is -0.350 e. The maximum absolute atomic E-state index is 13.3. The van der Waals surface area contributed by atoms with Gasteiger partial charge in [0.25, 0.3) is 0 Å². The quantitative estimate of drug-likeness (QED) is 0.751. The highest BCUT2D eigenvalue weighted by Crippen LogP contribution is 2.38. The lowest BCUT2D eigenvalue weighted by molar-refractivity contribution is -0.0630. The van der Waals surface area contributed by atoms with Crippen molar-refractivity contribution in [3.05, 3.63) is 29.6 Å². The highest BCUT2D eigenvalue weighted by molar-refractivity contribution is 5.56. The minimum atomic E-state index is -0.260. The van der Waals surface area contributed by atoms with E-state index < -0.39 is 0 Å². The lowest BCUT2D eigenvalue weighted by Gasteiger charge is -2.34. The molecule has 0 spiro atoms. The number of nitrogens with zero attached hydrogens (tertiary/aromatic N) is 1. The van der Waals surface area contributed by atoms with Crippen LogP contribution in [0.4, 0.5) is 10.1 Å². The minimum absolute atomic E-state index is 0.0722. The number of benzene rings is 1. The lowest BCUT2D eigenvalue weighted by Crippen LogP contribution is -2.39. The topological polar surface area (TPSA) is 47.7 Å². The number of fused-ring (bicyclic) bond motifs is 1. The first kappa shape index (κ1) is 11.0. The van der Waals surface area contributed by atoms with Crippen molar-refractivity contribution in [2.45, 2.75) is 18.6 Å². The predicted molar refractivity (Wildman–Crippen MR) is 61.0 cm³/mol. The Morgan fingerprint density at radius 2 is 2.06 bits per heavy atom. The lowest BCUT2D eigenvalue weighted by atomic mass is 9.90. The third kappa shape index (κ3) is 1.90. The zero-order valence-corrected chi connectivity index (χ0v) is 9.43. The molecule has 1 saturated heterocycles. The summed E-state index contributed by atoms with van der Waals surface area (Å²) in [5.74, 6) is 5.71. The van der Waals surface area contributed by atoms with Gasteiger partial charge in [-0.2, -0.15) is 0 Å². The van der Waals surface area contributed by atoms with Crippen molar-refractivity contribution in [3.63, 3.8) is 0 Å². The van der Waals surface area contributed by atoms with Gasteiger partial charge in [-0.1, -0.05) is 0 Å². The van der Waals surface area contributed by atoms with Crippen LogP contribution < -0.4 is 10.9 Å². The fourth-order valence-electron chi connectivity index (χ4n) is 2.53. The van der Waals surface area contributed by atoms with Crippen molar-refractivity contribution < 1.29 is 13.9 Å². The van der Waals surface area contributed by atoms with Gasteiger partial charge in [0.15, 0.2) is 6.29 Å². The Morgan fingerprint density at radius 1 is 1.29 bits per heavy atom. The van der Waals surface area contributed by atoms with Gasteiger partial charge in [0.1, 0.15) is 5.82 Å². The van der Waals surface area contributed by atoms with E-state index in [1.807, 2.05) is 0 Å². The van der Waals surface area contributed by atoms with Crippen molar-refractivity contribution in [2.75, 3.05) is 24.8 Å². The summed E-state index contributed by atoms with van der Waals surface area (Å²) < 4.78 is 24.4. The first-order valence-corrected chi connectivity index (χ1v) is 5.80. The van der Waals surface area contributed by atoms with Crippen LogP contribution in [0.2, 0.25) is 0 Å². The Kier molecular flexibility index (Phi) is 2.74. The van der Waals surface area contributed by atoms with Gasteiger partial charge in [0.05, 0.1) is 18.9 Å². The van der Waals surface area contributed by atoms with Crippen LogP contribution in [0.15, 0.2) is 18.2 Å². The smallest absolute Gasteiger partial charge is 0.164 e. The summed E-state index contributed by atoms with van der Waals surface area (Å²) in [4.78, 5) is 0. The van der Waals surface area contributed by atoms with Gasteiger partial charge < -0.3 is 14.5 Å². The van der Waals surface area contributed by atoms with E-state index in [9.17, 15) is 4.39 Å². The van der Waals surface area contributed by atoms with Crippen molar-refractivity contribution >= 4 is 5.69 Å². The van der Waals surface area contributed by atoms with Gasteiger partial charge in [0.2, 0.25) is 0 Å². The summed E-state index contributed by atoms with van der Waals surface area (Å²) in [5.41, 5.74) is 1.74.